The zero-order chi connectivity index (χ0) is 21.1. The molecule has 1 N–H and O–H groups in total. The van der Waals surface area contributed by atoms with Crippen molar-refractivity contribution < 1.29 is 18.7 Å². The van der Waals surface area contributed by atoms with Gasteiger partial charge >= 0.3 is 0 Å². The van der Waals surface area contributed by atoms with Crippen molar-refractivity contribution in [3.05, 3.63) is 28.0 Å². The van der Waals surface area contributed by atoms with E-state index in [4.69, 9.17) is 9.15 Å². The highest BCUT2D eigenvalue weighted by molar-refractivity contribution is 6.06. The number of amides is 2. The van der Waals surface area contributed by atoms with Crippen molar-refractivity contribution in [3.63, 3.8) is 0 Å². The van der Waals surface area contributed by atoms with Gasteiger partial charge in [0.2, 0.25) is 11.6 Å². The van der Waals surface area contributed by atoms with Crippen molar-refractivity contribution in [1.82, 2.24) is 19.8 Å². The summed E-state index contributed by atoms with van der Waals surface area (Å²) in [6.45, 7) is 7.01. The number of ether oxygens (including phenoxy) is 1. The molecule has 0 saturated carbocycles. The second-order valence-corrected chi connectivity index (χ2v) is 7.70. The van der Waals surface area contributed by atoms with Crippen LogP contribution in [0.2, 0.25) is 0 Å². The number of carbonyl (C=O) groups excluding carboxylic acids is 2. The Morgan fingerprint density at radius 3 is 2.86 bits per heavy atom. The lowest BCUT2D eigenvalue weighted by atomic mass is 9.96. The molecule has 0 bridgehead atoms. The van der Waals surface area contributed by atoms with E-state index in [2.05, 4.69) is 10.3 Å². The summed E-state index contributed by atoms with van der Waals surface area (Å²) in [7, 11) is 1.55. The Kier molecular flexibility index (Phi) is 6.36. The monoisotopic (exact) mass is 404 g/mol. The first-order valence-corrected chi connectivity index (χ1v) is 9.90. The van der Waals surface area contributed by atoms with E-state index in [1.165, 1.54) is 10.9 Å². The number of aromatic nitrogens is 2. The van der Waals surface area contributed by atoms with Crippen LogP contribution in [0.5, 0.6) is 0 Å². The molecule has 2 aromatic heterocycles. The Bertz CT molecular complexity index is 962. The van der Waals surface area contributed by atoms with E-state index in [0.717, 1.165) is 12.8 Å². The molecule has 3 rings (SSSR count). The van der Waals surface area contributed by atoms with Gasteiger partial charge in [0.05, 0.1) is 24.6 Å². The molecule has 3 heterocycles. The molecule has 1 saturated heterocycles. The normalized spacial score (nSPS) is 17.1. The zero-order valence-corrected chi connectivity index (χ0v) is 17.4. The van der Waals surface area contributed by atoms with Crippen LogP contribution in [0.1, 0.15) is 42.8 Å². The van der Waals surface area contributed by atoms with Gasteiger partial charge in [0.25, 0.3) is 11.5 Å². The molecule has 158 valence electrons. The number of rotatable bonds is 6. The summed E-state index contributed by atoms with van der Waals surface area (Å²) in [5.41, 5.74) is 0.0446. The third kappa shape index (κ3) is 4.34. The molecule has 1 fully saturated rings. The number of nitrogens with one attached hydrogen (secondary N) is 1. The molecule has 0 spiro atoms. The number of hydrogen-bond acceptors (Lipinski definition) is 6. The third-order valence-electron chi connectivity index (χ3n) is 5.12. The Hall–Kier alpha value is -2.68. The molecule has 29 heavy (non-hydrogen) atoms. The Morgan fingerprint density at radius 1 is 1.41 bits per heavy atom. The highest BCUT2D eigenvalue weighted by Crippen LogP contribution is 2.25. The van der Waals surface area contributed by atoms with Gasteiger partial charge in [-0.05, 0) is 33.6 Å². The standard InChI is InChI=1S/C20H28N4O5/c1-12(2)22-17(25)14-6-5-7-23(10-14)19(26)15-13(3)29-18-16(15)20(27)24(11-21-18)8-9-28-4/h11-12,14H,5-10H2,1-4H3,(H,22,25). The van der Waals surface area contributed by atoms with E-state index in [9.17, 15) is 14.4 Å². The van der Waals surface area contributed by atoms with E-state index < -0.39 is 0 Å². The minimum Gasteiger partial charge on any atom is -0.442 e. The van der Waals surface area contributed by atoms with Gasteiger partial charge in [-0.2, -0.15) is 0 Å². The SMILES string of the molecule is COCCn1cnc2oc(C)c(C(=O)N3CCCC(C(=O)NC(C)C)C3)c2c1=O. The van der Waals surface area contributed by atoms with Crippen LogP contribution < -0.4 is 10.9 Å². The maximum absolute atomic E-state index is 13.3. The lowest BCUT2D eigenvalue weighted by Crippen LogP contribution is -2.46. The number of piperidine rings is 1. The minimum absolute atomic E-state index is 0.0464. The maximum atomic E-state index is 13.3. The van der Waals surface area contributed by atoms with E-state index in [0.29, 0.717) is 32.0 Å². The molecule has 2 aromatic rings. The van der Waals surface area contributed by atoms with Gasteiger partial charge in [-0.25, -0.2) is 4.98 Å². The highest BCUT2D eigenvalue weighted by Gasteiger charge is 2.32. The van der Waals surface area contributed by atoms with Gasteiger partial charge in [-0.15, -0.1) is 0 Å². The van der Waals surface area contributed by atoms with Crippen LogP contribution in [0, 0.1) is 12.8 Å². The fourth-order valence-corrected chi connectivity index (χ4v) is 3.68. The van der Waals surface area contributed by atoms with Crippen molar-refractivity contribution >= 4 is 22.9 Å². The number of fused-ring (bicyclic) bond motifs is 1. The van der Waals surface area contributed by atoms with Crippen molar-refractivity contribution in [1.29, 1.82) is 0 Å². The molecule has 1 atom stereocenters. The fraction of sp³-hybridized carbons (Fsp3) is 0.600. The van der Waals surface area contributed by atoms with Crippen LogP contribution in [0.4, 0.5) is 0 Å². The molecule has 9 heteroatoms. The van der Waals surface area contributed by atoms with Crippen molar-refractivity contribution in [2.24, 2.45) is 5.92 Å². The maximum Gasteiger partial charge on any atom is 0.265 e. The molecule has 1 unspecified atom stereocenters. The predicted molar refractivity (Wildman–Crippen MR) is 107 cm³/mol. The average Bonchev–Trinajstić information content (AvgIpc) is 3.03. The quantitative estimate of drug-likeness (QED) is 0.778. The Balaban J connectivity index is 1.91. The first-order chi connectivity index (χ1) is 13.8. The minimum atomic E-state index is -0.335. The number of nitrogens with zero attached hydrogens (tertiary/aromatic N) is 3. The fourth-order valence-electron chi connectivity index (χ4n) is 3.68. The average molecular weight is 404 g/mol. The topological polar surface area (TPSA) is 107 Å². The van der Waals surface area contributed by atoms with Crippen molar-refractivity contribution in [2.75, 3.05) is 26.8 Å². The second kappa shape index (κ2) is 8.77. The first-order valence-electron chi connectivity index (χ1n) is 9.90. The van der Waals surface area contributed by atoms with Crippen molar-refractivity contribution in [2.45, 2.75) is 46.2 Å². The van der Waals surface area contributed by atoms with Crippen LogP contribution in [0.25, 0.3) is 11.1 Å². The van der Waals surface area contributed by atoms with E-state index in [1.807, 2.05) is 13.8 Å². The second-order valence-electron chi connectivity index (χ2n) is 7.70. The lowest BCUT2D eigenvalue weighted by molar-refractivity contribution is -0.126. The van der Waals surface area contributed by atoms with Crippen LogP contribution in [-0.4, -0.2) is 59.1 Å². The van der Waals surface area contributed by atoms with Crippen LogP contribution >= 0.6 is 0 Å². The van der Waals surface area contributed by atoms with E-state index >= 15 is 0 Å². The Labute approximate surface area is 169 Å². The summed E-state index contributed by atoms with van der Waals surface area (Å²) in [5.74, 6) is -0.251. The number of hydrogen-bond donors (Lipinski definition) is 1. The molecular weight excluding hydrogens is 376 g/mol. The summed E-state index contributed by atoms with van der Waals surface area (Å²) in [5, 5.41) is 3.09. The van der Waals surface area contributed by atoms with Gasteiger partial charge in [0.15, 0.2) is 0 Å². The van der Waals surface area contributed by atoms with Crippen LogP contribution in [0.3, 0.4) is 0 Å². The molecular formula is C20H28N4O5. The van der Waals surface area contributed by atoms with Crippen LogP contribution in [-0.2, 0) is 16.1 Å². The molecule has 0 aliphatic carbocycles. The van der Waals surface area contributed by atoms with Gasteiger partial charge in [-0.1, -0.05) is 0 Å². The molecule has 0 radical (unpaired) electrons. The summed E-state index contributed by atoms with van der Waals surface area (Å²) >= 11 is 0. The smallest absolute Gasteiger partial charge is 0.265 e. The summed E-state index contributed by atoms with van der Waals surface area (Å²) in [6, 6.07) is 0.0466. The van der Waals surface area contributed by atoms with E-state index in [-0.39, 0.29) is 46.0 Å². The lowest BCUT2D eigenvalue weighted by Gasteiger charge is -2.32. The number of carbonyl (C=O) groups is 2. The molecule has 9 nitrogen and oxygen atoms in total. The predicted octanol–water partition coefficient (Wildman–Crippen LogP) is 1.32. The van der Waals surface area contributed by atoms with E-state index in [1.54, 1.807) is 18.9 Å². The summed E-state index contributed by atoms with van der Waals surface area (Å²) in [6.07, 6.45) is 2.86. The van der Waals surface area contributed by atoms with Gasteiger partial charge in [0, 0.05) is 26.2 Å². The zero-order valence-electron chi connectivity index (χ0n) is 17.4. The van der Waals surface area contributed by atoms with Crippen LogP contribution in [0.15, 0.2) is 15.5 Å². The first kappa shape index (κ1) is 21.0. The molecule has 2 amide bonds. The molecule has 1 aliphatic rings. The number of aryl methyl sites for hydroxylation is 1. The van der Waals surface area contributed by atoms with Gasteiger partial charge in [0.1, 0.15) is 17.5 Å². The largest absolute Gasteiger partial charge is 0.442 e. The summed E-state index contributed by atoms with van der Waals surface area (Å²) in [4.78, 5) is 44.4. The molecule has 0 aromatic carbocycles. The number of methoxy groups -OCH3 is 1. The third-order valence-corrected chi connectivity index (χ3v) is 5.12. The highest BCUT2D eigenvalue weighted by atomic mass is 16.5. The number of furan rings is 1. The number of likely N-dealkylation sites (tertiary alicyclic amines) is 1. The van der Waals surface area contributed by atoms with Gasteiger partial charge in [-0.3, -0.25) is 19.0 Å². The summed E-state index contributed by atoms with van der Waals surface area (Å²) < 4.78 is 12.0. The Morgan fingerprint density at radius 2 is 2.17 bits per heavy atom. The molecule has 1 aliphatic heterocycles. The van der Waals surface area contributed by atoms with Crippen molar-refractivity contribution in [3.8, 4) is 0 Å². The van der Waals surface area contributed by atoms with Gasteiger partial charge < -0.3 is 19.4 Å².